The van der Waals surface area contributed by atoms with Gasteiger partial charge in [-0.15, -0.1) is 0 Å². The number of hydrogen-bond acceptors (Lipinski definition) is 6. The molecule has 6 bridgehead atoms. The largest absolute Gasteiger partial charge is 0.398 e. The van der Waals surface area contributed by atoms with Crippen LogP contribution in [-0.2, 0) is 11.3 Å². The van der Waals surface area contributed by atoms with E-state index in [0.717, 1.165) is 29.7 Å². The summed E-state index contributed by atoms with van der Waals surface area (Å²) in [5.74, 6) is 0.278. The maximum Gasteiger partial charge on any atom is 0.251 e. The van der Waals surface area contributed by atoms with Crippen LogP contribution in [0.25, 0.3) is 11.3 Å². The van der Waals surface area contributed by atoms with Crippen LogP contribution in [-0.4, -0.2) is 29.0 Å². The molecular weight excluding hydrogens is 402 g/mol. The van der Waals surface area contributed by atoms with E-state index < -0.39 is 0 Å². The lowest BCUT2D eigenvalue weighted by Gasteiger charge is -2.11. The number of nitrogen functional groups attached to an aromatic ring is 1. The Balaban J connectivity index is 1.69. The number of carbonyl (C=O) groups excluding carboxylic acids is 1. The highest BCUT2D eigenvalue weighted by atomic mass is 35.5. The number of anilines is 3. The van der Waals surface area contributed by atoms with Crippen molar-refractivity contribution in [3.8, 4) is 11.3 Å². The van der Waals surface area contributed by atoms with Gasteiger partial charge in [-0.3, -0.25) is 4.79 Å². The van der Waals surface area contributed by atoms with Crippen molar-refractivity contribution in [1.29, 1.82) is 0 Å². The summed E-state index contributed by atoms with van der Waals surface area (Å²) in [5, 5.41) is 6.75. The summed E-state index contributed by atoms with van der Waals surface area (Å²) in [5.41, 5.74) is 10.3. The van der Waals surface area contributed by atoms with E-state index in [1.165, 1.54) is 0 Å². The highest BCUT2D eigenvalue weighted by Crippen LogP contribution is 2.27. The third kappa shape index (κ3) is 4.69. The van der Waals surface area contributed by atoms with Crippen molar-refractivity contribution in [1.82, 2.24) is 15.3 Å². The van der Waals surface area contributed by atoms with Gasteiger partial charge in [-0.2, -0.15) is 0 Å². The highest BCUT2D eigenvalue weighted by Gasteiger charge is 2.12. The van der Waals surface area contributed by atoms with Gasteiger partial charge in [-0.05, 0) is 60.9 Å². The molecule has 7 nitrogen and oxygen atoms in total. The highest BCUT2D eigenvalue weighted by molar-refractivity contribution is 6.31. The Morgan fingerprint density at radius 3 is 2.87 bits per heavy atom. The van der Waals surface area contributed by atoms with Gasteiger partial charge >= 0.3 is 0 Å². The molecule has 0 fully saturated rings. The molecule has 0 atom stereocenters. The lowest BCUT2D eigenvalue weighted by Crippen LogP contribution is -2.24. The number of amides is 1. The minimum Gasteiger partial charge on any atom is -0.398 e. The third-order valence-electron chi connectivity index (χ3n) is 4.81. The molecule has 2 aromatic carbocycles. The first-order chi connectivity index (χ1) is 14.6. The van der Waals surface area contributed by atoms with Crippen molar-refractivity contribution in [3.05, 3.63) is 64.8 Å². The minimum atomic E-state index is -0.153. The predicted octanol–water partition coefficient (Wildman–Crippen LogP) is 4.16. The van der Waals surface area contributed by atoms with Crippen molar-refractivity contribution in [2.24, 2.45) is 0 Å². The Morgan fingerprint density at radius 1 is 1.10 bits per heavy atom. The zero-order valence-corrected chi connectivity index (χ0v) is 17.1. The van der Waals surface area contributed by atoms with E-state index in [4.69, 9.17) is 22.1 Å². The summed E-state index contributed by atoms with van der Waals surface area (Å²) in [6, 6.07) is 12.6. The summed E-state index contributed by atoms with van der Waals surface area (Å²) >= 11 is 6.31. The molecule has 1 aromatic heterocycles. The van der Waals surface area contributed by atoms with Crippen LogP contribution < -0.4 is 16.4 Å². The molecule has 0 unspecified atom stereocenters. The number of rotatable bonds is 0. The molecule has 0 saturated carbocycles. The first-order valence-corrected chi connectivity index (χ1v) is 10.1. The number of carbonyl (C=O) groups is 1. The molecule has 0 aliphatic carbocycles. The van der Waals surface area contributed by atoms with Crippen LogP contribution in [0.5, 0.6) is 0 Å². The molecule has 4 N–H and O–H groups in total. The number of aromatic nitrogens is 2. The summed E-state index contributed by atoms with van der Waals surface area (Å²) in [4.78, 5) is 21.2. The normalized spacial score (nSPS) is 14.8. The number of hydrogen-bond donors (Lipinski definition) is 3. The van der Waals surface area contributed by atoms with Crippen molar-refractivity contribution >= 4 is 34.8 Å². The summed E-state index contributed by atoms with van der Waals surface area (Å²) in [6.45, 7) is 1.55. The lowest BCUT2D eigenvalue weighted by molar-refractivity contribution is 0.0946. The van der Waals surface area contributed by atoms with Crippen LogP contribution in [0, 0.1) is 0 Å². The monoisotopic (exact) mass is 423 g/mol. The standard InChI is InChI=1S/C22H22ClN5O2/c23-18-6-4-16-11-15(18)13-30-10-2-1-8-25-21(29)14-3-5-17(19(24)12-14)20-7-9-26-22(27-16)28-20/h3-7,9,11-12H,1-2,8,10,13,24H2,(H,25,29)(H,26,27,28). The number of nitrogens with two attached hydrogens (primary N) is 1. The average molecular weight is 424 g/mol. The predicted molar refractivity (Wildman–Crippen MR) is 118 cm³/mol. The zero-order valence-electron chi connectivity index (χ0n) is 16.3. The molecule has 0 radical (unpaired) electrons. The molecule has 1 amide bonds. The van der Waals surface area contributed by atoms with Crippen LogP contribution in [0.4, 0.5) is 17.3 Å². The molecule has 30 heavy (non-hydrogen) atoms. The van der Waals surface area contributed by atoms with E-state index in [0.29, 0.717) is 47.7 Å². The second kappa shape index (κ2) is 9.11. The third-order valence-corrected chi connectivity index (χ3v) is 5.17. The molecule has 0 saturated heterocycles. The molecule has 2 aliphatic rings. The molecule has 8 heteroatoms. The molecule has 2 aliphatic heterocycles. The number of halogens is 1. The van der Waals surface area contributed by atoms with Crippen molar-refractivity contribution < 1.29 is 9.53 Å². The van der Waals surface area contributed by atoms with Crippen molar-refractivity contribution in [2.75, 3.05) is 24.2 Å². The Morgan fingerprint density at radius 2 is 2.00 bits per heavy atom. The Labute approximate surface area is 179 Å². The van der Waals surface area contributed by atoms with Gasteiger partial charge in [0.1, 0.15) is 0 Å². The van der Waals surface area contributed by atoms with Crippen molar-refractivity contribution in [2.45, 2.75) is 19.4 Å². The number of ether oxygens (including phenoxy) is 1. The van der Waals surface area contributed by atoms with Crippen LogP contribution in [0.2, 0.25) is 5.02 Å². The fraction of sp³-hybridized carbons (Fsp3) is 0.227. The maximum atomic E-state index is 12.4. The van der Waals surface area contributed by atoms with Gasteiger partial charge in [0.15, 0.2) is 0 Å². The van der Waals surface area contributed by atoms with Gasteiger partial charge in [0, 0.05) is 46.9 Å². The van der Waals surface area contributed by atoms with Crippen molar-refractivity contribution in [3.63, 3.8) is 0 Å². The second-order valence-electron chi connectivity index (χ2n) is 7.01. The van der Waals surface area contributed by atoms with E-state index in [9.17, 15) is 4.79 Å². The first kappa shape index (κ1) is 20.1. The summed E-state index contributed by atoms with van der Waals surface area (Å²) in [6.07, 6.45) is 3.31. The molecule has 5 rings (SSSR count). The molecule has 0 spiro atoms. The van der Waals surface area contributed by atoms with Gasteiger partial charge in [0.2, 0.25) is 5.95 Å². The zero-order chi connectivity index (χ0) is 20.9. The first-order valence-electron chi connectivity index (χ1n) is 9.74. The number of nitrogens with zero attached hydrogens (tertiary/aromatic N) is 2. The smallest absolute Gasteiger partial charge is 0.251 e. The summed E-state index contributed by atoms with van der Waals surface area (Å²) in [7, 11) is 0. The van der Waals surface area contributed by atoms with Crippen LogP contribution in [0.1, 0.15) is 28.8 Å². The Bertz CT molecular complexity index is 1070. The number of benzene rings is 2. The topological polar surface area (TPSA) is 102 Å². The van der Waals surface area contributed by atoms with Crippen LogP contribution in [0.15, 0.2) is 48.7 Å². The van der Waals surface area contributed by atoms with E-state index >= 15 is 0 Å². The molecular formula is C22H22ClN5O2. The van der Waals surface area contributed by atoms with Gasteiger partial charge in [-0.1, -0.05) is 11.6 Å². The Hall–Kier alpha value is -3.16. The van der Waals surface area contributed by atoms with Gasteiger partial charge in [0.25, 0.3) is 5.91 Å². The quantitative estimate of drug-likeness (QED) is 0.469. The summed E-state index contributed by atoms with van der Waals surface area (Å²) < 4.78 is 5.75. The van der Waals surface area contributed by atoms with Crippen LogP contribution in [0.3, 0.4) is 0 Å². The van der Waals surface area contributed by atoms with Gasteiger partial charge < -0.3 is 21.1 Å². The number of fused-ring (bicyclic) bond motifs is 9. The fourth-order valence-corrected chi connectivity index (χ4v) is 3.39. The SMILES string of the molecule is Nc1cc2ccc1-c1ccnc(n1)Nc1ccc(Cl)c(c1)COCCCCNC2=O. The molecule has 154 valence electrons. The van der Waals surface area contributed by atoms with E-state index in [2.05, 4.69) is 20.6 Å². The maximum absolute atomic E-state index is 12.4. The molecule has 3 heterocycles. The number of nitrogens with one attached hydrogen (secondary N) is 2. The van der Waals surface area contributed by atoms with E-state index in [1.54, 1.807) is 30.5 Å². The lowest BCUT2D eigenvalue weighted by atomic mass is 10.1. The Kier molecular flexibility index (Phi) is 6.11. The second-order valence-corrected chi connectivity index (χ2v) is 7.42. The van der Waals surface area contributed by atoms with Crippen LogP contribution >= 0.6 is 11.6 Å². The van der Waals surface area contributed by atoms with E-state index in [1.807, 2.05) is 18.2 Å². The average Bonchev–Trinajstić information content (AvgIpc) is 2.74. The minimum absolute atomic E-state index is 0.153. The van der Waals surface area contributed by atoms with Gasteiger partial charge in [-0.25, -0.2) is 9.97 Å². The van der Waals surface area contributed by atoms with E-state index in [-0.39, 0.29) is 5.91 Å². The fourth-order valence-electron chi connectivity index (χ4n) is 3.21. The molecule has 3 aromatic rings. The van der Waals surface area contributed by atoms with Gasteiger partial charge in [0.05, 0.1) is 12.3 Å².